The Morgan fingerprint density at radius 2 is 1.75 bits per heavy atom. The molecule has 1 unspecified atom stereocenters. The fraction of sp³-hybridized carbons (Fsp3) is 0.333. The maximum atomic E-state index is 12.8. The predicted molar refractivity (Wildman–Crippen MR) is 109 cm³/mol. The largest absolute Gasteiger partial charge is 0.431 e. The van der Waals surface area contributed by atoms with Gasteiger partial charge in [0.25, 0.3) is 5.91 Å². The Morgan fingerprint density at radius 1 is 1.07 bits per heavy atom. The molecule has 1 aliphatic heterocycles. The molecule has 7 heteroatoms. The summed E-state index contributed by atoms with van der Waals surface area (Å²) in [6, 6.07) is 15.7. The molecule has 0 spiro atoms. The van der Waals surface area contributed by atoms with Crippen molar-refractivity contribution in [3.8, 4) is 0 Å². The van der Waals surface area contributed by atoms with Crippen molar-refractivity contribution in [1.82, 2.24) is 10.6 Å². The standard InChI is InChI=1S/C21H24ClN3O3/c22-17-6-8-18(9-7-17)25-21(27)28-19(16-4-2-1-3-5-16)20(26)24-14-15-10-12-23-13-11-15/h1-9,15,19,23H,10-14H2,(H,24,26)(H,25,27). The molecule has 3 N–H and O–H groups in total. The zero-order valence-corrected chi connectivity index (χ0v) is 16.2. The second kappa shape index (κ2) is 10.1. The minimum atomic E-state index is -1.02. The Hall–Kier alpha value is -2.57. The van der Waals surface area contributed by atoms with Gasteiger partial charge in [0.1, 0.15) is 0 Å². The van der Waals surface area contributed by atoms with E-state index in [1.54, 1.807) is 36.4 Å². The molecule has 2 amide bonds. The van der Waals surface area contributed by atoms with Gasteiger partial charge in [-0.05, 0) is 56.1 Å². The zero-order valence-electron chi connectivity index (χ0n) is 15.5. The van der Waals surface area contributed by atoms with Gasteiger partial charge in [0.2, 0.25) is 6.10 Å². The van der Waals surface area contributed by atoms with E-state index in [0.29, 0.717) is 28.7 Å². The van der Waals surface area contributed by atoms with Crippen molar-refractivity contribution in [2.24, 2.45) is 5.92 Å². The summed E-state index contributed by atoms with van der Waals surface area (Å²) < 4.78 is 5.46. The Bertz CT molecular complexity index is 777. The highest BCUT2D eigenvalue weighted by Gasteiger charge is 2.26. The number of anilines is 1. The van der Waals surface area contributed by atoms with Crippen LogP contribution in [0, 0.1) is 5.92 Å². The molecule has 6 nitrogen and oxygen atoms in total. The quantitative estimate of drug-likeness (QED) is 0.688. The van der Waals surface area contributed by atoms with Crippen LogP contribution in [0.4, 0.5) is 10.5 Å². The van der Waals surface area contributed by atoms with Crippen molar-refractivity contribution in [2.75, 3.05) is 25.0 Å². The van der Waals surface area contributed by atoms with E-state index in [4.69, 9.17) is 16.3 Å². The van der Waals surface area contributed by atoms with E-state index < -0.39 is 12.2 Å². The number of halogens is 1. The fourth-order valence-electron chi connectivity index (χ4n) is 3.11. The molecular weight excluding hydrogens is 378 g/mol. The lowest BCUT2D eigenvalue weighted by molar-refractivity contribution is -0.129. The number of piperidine rings is 1. The van der Waals surface area contributed by atoms with Crippen LogP contribution in [0.5, 0.6) is 0 Å². The van der Waals surface area contributed by atoms with E-state index in [1.807, 2.05) is 18.2 Å². The first-order chi connectivity index (χ1) is 13.6. The van der Waals surface area contributed by atoms with E-state index in [9.17, 15) is 9.59 Å². The molecule has 0 radical (unpaired) electrons. The zero-order chi connectivity index (χ0) is 19.8. The molecule has 0 saturated carbocycles. The molecule has 1 heterocycles. The molecule has 28 heavy (non-hydrogen) atoms. The minimum absolute atomic E-state index is 0.323. The van der Waals surface area contributed by atoms with E-state index in [2.05, 4.69) is 16.0 Å². The number of benzene rings is 2. The Balaban J connectivity index is 1.63. The summed E-state index contributed by atoms with van der Waals surface area (Å²) in [5.41, 5.74) is 1.16. The van der Waals surface area contributed by atoms with Crippen molar-refractivity contribution >= 4 is 29.3 Å². The summed E-state index contributed by atoms with van der Waals surface area (Å²) in [4.78, 5) is 25.1. The van der Waals surface area contributed by atoms with Gasteiger partial charge in [-0.1, -0.05) is 41.9 Å². The smallest absolute Gasteiger partial charge is 0.412 e. The van der Waals surface area contributed by atoms with Crippen molar-refractivity contribution in [1.29, 1.82) is 0 Å². The summed E-state index contributed by atoms with van der Waals surface area (Å²) in [5.74, 6) is 0.112. The highest BCUT2D eigenvalue weighted by Crippen LogP contribution is 2.20. The number of hydrogen-bond donors (Lipinski definition) is 3. The van der Waals surface area contributed by atoms with Crippen molar-refractivity contribution in [3.05, 3.63) is 65.2 Å². The Kier molecular flexibility index (Phi) is 7.28. The van der Waals surface area contributed by atoms with Crippen molar-refractivity contribution < 1.29 is 14.3 Å². The van der Waals surface area contributed by atoms with Crippen LogP contribution in [0.15, 0.2) is 54.6 Å². The summed E-state index contributed by atoms with van der Waals surface area (Å²) >= 11 is 5.85. The average molecular weight is 402 g/mol. The van der Waals surface area contributed by atoms with Crippen molar-refractivity contribution in [2.45, 2.75) is 18.9 Å². The van der Waals surface area contributed by atoms with Gasteiger partial charge in [0.05, 0.1) is 0 Å². The summed E-state index contributed by atoms with van der Waals surface area (Å²) in [5, 5.41) is 9.43. The molecule has 1 saturated heterocycles. The highest BCUT2D eigenvalue weighted by molar-refractivity contribution is 6.30. The molecule has 0 bridgehead atoms. The maximum Gasteiger partial charge on any atom is 0.412 e. The molecule has 1 atom stereocenters. The van der Waals surface area contributed by atoms with Crippen LogP contribution in [-0.4, -0.2) is 31.6 Å². The molecule has 148 valence electrons. The molecular formula is C21H24ClN3O3. The van der Waals surface area contributed by atoms with Gasteiger partial charge >= 0.3 is 6.09 Å². The van der Waals surface area contributed by atoms with Crippen molar-refractivity contribution in [3.63, 3.8) is 0 Å². The summed E-state index contributed by atoms with van der Waals surface area (Å²) in [7, 11) is 0. The second-order valence-electron chi connectivity index (χ2n) is 6.77. The van der Waals surface area contributed by atoms with Crippen LogP contribution in [-0.2, 0) is 9.53 Å². The summed E-state index contributed by atoms with van der Waals surface area (Å²) in [6.07, 6.45) is 0.325. The van der Waals surface area contributed by atoms with Gasteiger partial charge in [0, 0.05) is 22.8 Å². The number of rotatable bonds is 6. The van der Waals surface area contributed by atoms with E-state index >= 15 is 0 Å². The third-order valence-electron chi connectivity index (χ3n) is 4.68. The predicted octanol–water partition coefficient (Wildman–Crippen LogP) is 3.75. The molecule has 2 aromatic carbocycles. The van der Waals surface area contributed by atoms with Crippen LogP contribution < -0.4 is 16.0 Å². The fourth-order valence-corrected chi connectivity index (χ4v) is 3.24. The lowest BCUT2D eigenvalue weighted by Crippen LogP contribution is -2.39. The first kappa shape index (κ1) is 20.2. The van der Waals surface area contributed by atoms with Crippen LogP contribution >= 0.6 is 11.6 Å². The normalized spacial score (nSPS) is 15.5. The third kappa shape index (κ3) is 5.97. The number of ether oxygens (including phenoxy) is 1. The average Bonchev–Trinajstić information content (AvgIpc) is 2.73. The van der Waals surface area contributed by atoms with Gasteiger partial charge in [-0.3, -0.25) is 10.1 Å². The van der Waals surface area contributed by atoms with Crippen LogP contribution in [0.1, 0.15) is 24.5 Å². The summed E-state index contributed by atoms with van der Waals surface area (Å²) in [6.45, 7) is 2.50. The Labute approximate surface area is 169 Å². The minimum Gasteiger partial charge on any atom is -0.431 e. The van der Waals surface area contributed by atoms with Gasteiger partial charge < -0.3 is 15.4 Å². The van der Waals surface area contributed by atoms with Crippen LogP contribution in [0.2, 0.25) is 5.02 Å². The molecule has 0 aromatic heterocycles. The second-order valence-corrected chi connectivity index (χ2v) is 7.20. The monoisotopic (exact) mass is 401 g/mol. The van der Waals surface area contributed by atoms with Gasteiger partial charge in [0.15, 0.2) is 0 Å². The van der Waals surface area contributed by atoms with E-state index in [0.717, 1.165) is 25.9 Å². The first-order valence-corrected chi connectivity index (χ1v) is 9.76. The number of nitrogens with one attached hydrogen (secondary N) is 3. The Morgan fingerprint density at radius 3 is 2.43 bits per heavy atom. The van der Waals surface area contributed by atoms with Crippen LogP contribution in [0.25, 0.3) is 0 Å². The molecule has 3 rings (SSSR count). The maximum absolute atomic E-state index is 12.8. The van der Waals surface area contributed by atoms with Gasteiger partial charge in [-0.2, -0.15) is 0 Å². The number of amides is 2. The number of carbonyl (C=O) groups is 2. The highest BCUT2D eigenvalue weighted by atomic mass is 35.5. The molecule has 2 aromatic rings. The van der Waals surface area contributed by atoms with Crippen LogP contribution in [0.3, 0.4) is 0 Å². The van der Waals surface area contributed by atoms with E-state index in [-0.39, 0.29) is 5.91 Å². The number of hydrogen-bond acceptors (Lipinski definition) is 4. The lowest BCUT2D eigenvalue weighted by Gasteiger charge is -2.24. The topological polar surface area (TPSA) is 79.5 Å². The number of carbonyl (C=O) groups excluding carboxylic acids is 2. The lowest BCUT2D eigenvalue weighted by atomic mass is 9.98. The molecule has 0 aliphatic carbocycles. The van der Waals surface area contributed by atoms with E-state index in [1.165, 1.54) is 0 Å². The van der Waals surface area contributed by atoms with Gasteiger partial charge in [-0.25, -0.2) is 4.79 Å². The SMILES string of the molecule is O=C(Nc1ccc(Cl)cc1)OC(C(=O)NCC1CCNCC1)c1ccccc1. The third-order valence-corrected chi connectivity index (χ3v) is 4.93. The van der Waals surface area contributed by atoms with Gasteiger partial charge in [-0.15, -0.1) is 0 Å². The molecule has 1 fully saturated rings. The first-order valence-electron chi connectivity index (χ1n) is 9.38. The molecule has 1 aliphatic rings.